The molecule has 0 radical (unpaired) electrons. The Balaban J connectivity index is 1.18. The van der Waals surface area contributed by atoms with Crippen molar-refractivity contribution in [1.82, 2.24) is 25.1 Å². The van der Waals surface area contributed by atoms with Crippen molar-refractivity contribution >= 4 is 43.1 Å². The molecule has 2 heterocycles. The lowest BCUT2D eigenvalue weighted by atomic mass is 10.2. The predicted molar refractivity (Wildman–Crippen MR) is 155 cm³/mol. The Morgan fingerprint density at radius 3 is 2.67 bits per heavy atom. The molecule has 0 saturated heterocycles. The Morgan fingerprint density at radius 2 is 1.82 bits per heavy atom. The maximum atomic E-state index is 11.2. The molecule has 0 aliphatic carbocycles. The van der Waals surface area contributed by atoms with E-state index in [4.69, 9.17) is 4.74 Å². The summed E-state index contributed by atoms with van der Waals surface area (Å²) in [6.07, 6.45) is 6.46. The van der Waals surface area contributed by atoms with Gasteiger partial charge in [-0.2, -0.15) is 5.10 Å². The lowest BCUT2D eigenvalue weighted by molar-refractivity contribution is 0.306. The van der Waals surface area contributed by atoms with Crippen LogP contribution in [0.25, 0.3) is 21.8 Å². The van der Waals surface area contributed by atoms with Crippen LogP contribution >= 0.6 is 0 Å². The average Bonchev–Trinajstić information content (AvgIpc) is 3.32. The van der Waals surface area contributed by atoms with Crippen LogP contribution in [0.3, 0.4) is 0 Å². The Hall–Kier alpha value is -4.02. The van der Waals surface area contributed by atoms with E-state index in [9.17, 15) is 8.42 Å². The van der Waals surface area contributed by atoms with Gasteiger partial charge in [0.25, 0.3) is 0 Å². The zero-order valence-electron chi connectivity index (χ0n) is 21.9. The number of rotatable bonds is 13. The Labute approximate surface area is 228 Å². The molecule has 0 fully saturated rings. The summed E-state index contributed by atoms with van der Waals surface area (Å²) in [6, 6.07) is 22.3. The molecule has 0 atom stereocenters. The molecule has 2 N–H and O–H groups in total. The number of fused-ring (bicyclic) bond motifs is 2. The van der Waals surface area contributed by atoms with E-state index >= 15 is 0 Å². The van der Waals surface area contributed by atoms with Crippen molar-refractivity contribution in [3.8, 4) is 5.75 Å². The van der Waals surface area contributed by atoms with E-state index in [0.717, 1.165) is 65.0 Å². The lowest BCUT2D eigenvalue weighted by Crippen LogP contribution is -2.23. The number of benzene rings is 3. The quantitative estimate of drug-likeness (QED) is 0.208. The van der Waals surface area contributed by atoms with E-state index in [1.807, 2.05) is 53.3 Å². The summed E-state index contributed by atoms with van der Waals surface area (Å²) in [5.74, 6) is 1.64. The third-order valence-corrected chi connectivity index (χ3v) is 7.30. The molecule has 0 bridgehead atoms. The number of ether oxygens (including phenoxy) is 1. The van der Waals surface area contributed by atoms with E-state index in [1.54, 1.807) is 6.33 Å². The lowest BCUT2D eigenvalue weighted by Gasteiger charge is -2.11. The van der Waals surface area contributed by atoms with E-state index < -0.39 is 9.84 Å². The largest absolute Gasteiger partial charge is 0.494 e. The molecule has 0 aliphatic rings. The third-order valence-electron chi connectivity index (χ3n) is 6.35. The minimum absolute atomic E-state index is 0.160. The Bertz CT molecular complexity index is 1650. The highest BCUT2D eigenvalue weighted by Gasteiger charge is 2.09. The zero-order chi connectivity index (χ0) is 27.1. The van der Waals surface area contributed by atoms with Crippen LogP contribution in [0.5, 0.6) is 5.75 Å². The number of nitrogens with one attached hydrogen (secondary N) is 2. The molecule has 202 valence electrons. The molecule has 2 aromatic heterocycles. The van der Waals surface area contributed by atoms with Gasteiger partial charge in [0.05, 0.1) is 36.1 Å². The maximum Gasteiger partial charge on any atom is 0.148 e. The smallest absolute Gasteiger partial charge is 0.148 e. The molecule has 0 aliphatic heterocycles. The minimum Gasteiger partial charge on any atom is -0.494 e. The summed E-state index contributed by atoms with van der Waals surface area (Å²) in [6.45, 7) is 2.54. The first-order valence-corrected chi connectivity index (χ1v) is 15.0. The van der Waals surface area contributed by atoms with Crippen molar-refractivity contribution in [2.24, 2.45) is 0 Å². The molecule has 5 aromatic rings. The van der Waals surface area contributed by atoms with Crippen LogP contribution in [0.15, 0.2) is 79.3 Å². The summed E-state index contributed by atoms with van der Waals surface area (Å²) < 4.78 is 30.2. The van der Waals surface area contributed by atoms with Gasteiger partial charge in [-0.3, -0.25) is 4.68 Å². The second-order valence-corrected chi connectivity index (χ2v) is 11.8. The van der Waals surface area contributed by atoms with Gasteiger partial charge in [0.15, 0.2) is 0 Å². The Morgan fingerprint density at radius 1 is 0.949 bits per heavy atom. The standard InChI is InChI=1S/C29H32N6O3S/c1-39(36,37)16-14-30-13-5-6-15-38-25-10-11-26-27(18-25)31-21-32-29(26)34-24-9-12-28-23(17-24)19-33-35(28)20-22-7-3-2-4-8-22/h2-4,7-12,17-19,21,30H,5-6,13-16,20H2,1H3,(H,31,32,34). The monoisotopic (exact) mass is 544 g/mol. The number of nitrogens with zero attached hydrogens (tertiary/aromatic N) is 4. The molecule has 9 nitrogen and oxygen atoms in total. The highest BCUT2D eigenvalue weighted by molar-refractivity contribution is 7.90. The zero-order valence-corrected chi connectivity index (χ0v) is 22.7. The van der Waals surface area contributed by atoms with E-state index in [1.165, 1.54) is 11.8 Å². The molecule has 5 rings (SSSR count). The highest BCUT2D eigenvalue weighted by atomic mass is 32.2. The number of hydrogen-bond donors (Lipinski definition) is 2. The van der Waals surface area contributed by atoms with Crippen molar-refractivity contribution in [3.05, 3.63) is 84.8 Å². The fourth-order valence-corrected chi connectivity index (χ4v) is 4.85. The van der Waals surface area contributed by atoms with Crippen molar-refractivity contribution in [1.29, 1.82) is 0 Å². The number of unbranched alkanes of at least 4 members (excludes halogenated alkanes) is 1. The van der Waals surface area contributed by atoms with Gasteiger partial charge in [0.1, 0.15) is 27.7 Å². The molecular weight excluding hydrogens is 512 g/mol. The van der Waals surface area contributed by atoms with Crippen LogP contribution in [-0.2, 0) is 16.4 Å². The fraction of sp³-hybridized carbons (Fsp3) is 0.276. The van der Waals surface area contributed by atoms with E-state index in [2.05, 4.69) is 50.0 Å². The molecule has 3 aromatic carbocycles. The minimum atomic E-state index is -2.92. The first-order valence-electron chi connectivity index (χ1n) is 13.0. The second-order valence-electron chi connectivity index (χ2n) is 9.52. The van der Waals surface area contributed by atoms with Crippen LogP contribution in [0.4, 0.5) is 11.5 Å². The molecule has 0 saturated carbocycles. The number of hydrogen-bond acceptors (Lipinski definition) is 8. The predicted octanol–water partition coefficient (Wildman–Crippen LogP) is 4.56. The van der Waals surface area contributed by atoms with Gasteiger partial charge in [-0.1, -0.05) is 30.3 Å². The van der Waals surface area contributed by atoms with Crippen LogP contribution in [-0.4, -0.2) is 59.9 Å². The highest BCUT2D eigenvalue weighted by Crippen LogP contribution is 2.28. The van der Waals surface area contributed by atoms with E-state index in [0.29, 0.717) is 13.2 Å². The SMILES string of the molecule is CS(=O)(=O)CCNCCCCOc1ccc2c(Nc3ccc4c(cnn4Cc4ccccc4)c3)ncnc2c1. The van der Waals surface area contributed by atoms with Crippen molar-refractivity contribution in [2.45, 2.75) is 19.4 Å². The summed E-state index contributed by atoms with van der Waals surface area (Å²) >= 11 is 0. The molecular formula is C29H32N6O3S. The normalized spacial score (nSPS) is 11.7. The first-order chi connectivity index (χ1) is 18.9. The van der Waals surface area contributed by atoms with Crippen molar-refractivity contribution < 1.29 is 13.2 Å². The fourth-order valence-electron chi connectivity index (χ4n) is 4.33. The van der Waals surface area contributed by atoms with Gasteiger partial charge in [-0.15, -0.1) is 0 Å². The molecule has 0 unspecified atom stereocenters. The third kappa shape index (κ3) is 7.30. The van der Waals surface area contributed by atoms with Crippen LogP contribution in [0, 0.1) is 0 Å². The maximum absolute atomic E-state index is 11.2. The van der Waals surface area contributed by atoms with Gasteiger partial charge in [-0.25, -0.2) is 18.4 Å². The van der Waals surface area contributed by atoms with Gasteiger partial charge >= 0.3 is 0 Å². The molecule has 0 spiro atoms. The van der Waals surface area contributed by atoms with Crippen molar-refractivity contribution in [3.63, 3.8) is 0 Å². The topological polar surface area (TPSA) is 111 Å². The first kappa shape index (κ1) is 26.6. The summed E-state index contributed by atoms with van der Waals surface area (Å²) in [7, 11) is -2.92. The second kappa shape index (κ2) is 12.2. The molecule has 39 heavy (non-hydrogen) atoms. The van der Waals surface area contributed by atoms with Crippen LogP contribution in [0.2, 0.25) is 0 Å². The number of anilines is 2. The summed E-state index contributed by atoms with van der Waals surface area (Å²) in [5, 5.41) is 13.1. The van der Waals surface area contributed by atoms with Gasteiger partial charge in [0.2, 0.25) is 0 Å². The molecule has 0 amide bonds. The molecule has 10 heteroatoms. The van der Waals surface area contributed by atoms with E-state index in [-0.39, 0.29) is 5.75 Å². The van der Waals surface area contributed by atoms with Gasteiger partial charge in [0, 0.05) is 35.3 Å². The Kier molecular flexibility index (Phi) is 8.33. The summed E-state index contributed by atoms with van der Waals surface area (Å²) in [5.41, 5.74) is 4.00. The van der Waals surface area contributed by atoms with Crippen LogP contribution in [0.1, 0.15) is 18.4 Å². The van der Waals surface area contributed by atoms with Crippen molar-refractivity contribution in [2.75, 3.05) is 37.0 Å². The number of sulfone groups is 1. The van der Waals surface area contributed by atoms with Crippen LogP contribution < -0.4 is 15.4 Å². The van der Waals surface area contributed by atoms with Gasteiger partial charge in [-0.05, 0) is 55.3 Å². The number of aromatic nitrogens is 4. The van der Waals surface area contributed by atoms with Gasteiger partial charge < -0.3 is 15.4 Å². The summed E-state index contributed by atoms with van der Waals surface area (Å²) in [4.78, 5) is 8.90. The average molecular weight is 545 g/mol.